The van der Waals surface area contributed by atoms with Crippen LogP contribution in [0.15, 0.2) is 23.2 Å². The molecule has 1 amide bonds. The lowest BCUT2D eigenvalue weighted by molar-refractivity contribution is -0.0512. The van der Waals surface area contributed by atoms with Gasteiger partial charge in [-0.25, -0.2) is 9.79 Å². The molecule has 2 rings (SSSR count). The van der Waals surface area contributed by atoms with E-state index in [0.29, 0.717) is 31.2 Å². The smallest absolute Gasteiger partial charge is 0.407 e. The standard InChI is InChI=1S/C21H32F2N4O4.HI/c1-6-24-19(27-10-9-15(13-27)26-20(28)31-21(2,3)4)25-12-14-7-8-16(29-5)17(11-14)30-18(22)23;/h7-8,11,15,18H,6,9-10,12-13H2,1-5H3,(H,24,25)(H,26,28);1H. The molecule has 0 saturated carbocycles. The number of amides is 1. The Hall–Kier alpha value is -2.05. The molecule has 0 bridgehead atoms. The van der Waals surface area contributed by atoms with Crippen LogP contribution in [0.5, 0.6) is 11.5 Å². The van der Waals surface area contributed by atoms with Crippen molar-refractivity contribution in [3.8, 4) is 11.5 Å². The molecule has 1 aliphatic heterocycles. The van der Waals surface area contributed by atoms with Crippen LogP contribution in [-0.2, 0) is 11.3 Å². The molecule has 0 spiro atoms. The minimum Gasteiger partial charge on any atom is -0.493 e. The van der Waals surface area contributed by atoms with Gasteiger partial charge in [0, 0.05) is 19.6 Å². The van der Waals surface area contributed by atoms with Crippen LogP contribution in [0.2, 0.25) is 0 Å². The Morgan fingerprint density at radius 2 is 2.03 bits per heavy atom. The van der Waals surface area contributed by atoms with Crippen molar-refractivity contribution < 1.29 is 27.8 Å². The fourth-order valence-corrected chi connectivity index (χ4v) is 3.14. The summed E-state index contributed by atoms with van der Waals surface area (Å²) in [6.07, 6.45) is 0.324. The van der Waals surface area contributed by atoms with E-state index in [1.54, 1.807) is 12.1 Å². The number of aliphatic imine (C=N–C) groups is 1. The first kappa shape index (κ1) is 28.0. The summed E-state index contributed by atoms with van der Waals surface area (Å²) >= 11 is 0. The zero-order chi connectivity index (χ0) is 23.0. The second-order valence-electron chi connectivity index (χ2n) is 8.11. The third kappa shape index (κ3) is 9.21. The Kier molecular flexibility index (Phi) is 11.2. The number of hydrogen-bond donors (Lipinski definition) is 2. The SMILES string of the molecule is CCNC(=NCc1ccc(OC)c(OC(F)F)c1)N1CCC(NC(=O)OC(C)(C)C)C1.I. The number of carbonyl (C=O) groups is 1. The quantitative estimate of drug-likeness (QED) is 0.293. The number of hydrogen-bond acceptors (Lipinski definition) is 5. The van der Waals surface area contributed by atoms with Crippen LogP contribution in [0.25, 0.3) is 0 Å². The van der Waals surface area contributed by atoms with E-state index in [9.17, 15) is 13.6 Å². The molecule has 32 heavy (non-hydrogen) atoms. The first-order valence-corrected chi connectivity index (χ1v) is 10.3. The maximum Gasteiger partial charge on any atom is 0.407 e. The van der Waals surface area contributed by atoms with Gasteiger partial charge in [-0.2, -0.15) is 8.78 Å². The summed E-state index contributed by atoms with van der Waals surface area (Å²) < 4.78 is 40.2. The summed E-state index contributed by atoms with van der Waals surface area (Å²) in [5.74, 6) is 0.886. The van der Waals surface area contributed by atoms with E-state index in [-0.39, 0.29) is 48.1 Å². The summed E-state index contributed by atoms with van der Waals surface area (Å²) in [5, 5.41) is 6.12. The monoisotopic (exact) mass is 570 g/mol. The van der Waals surface area contributed by atoms with Gasteiger partial charge in [-0.1, -0.05) is 6.07 Å². The highest BCUT2D eigenvalue weighted by atomic mass is 127. The van der Waals surface area contributed by atoms with Crippen LogP contribution in [0.3, 0.4) is 0 Å². The van der Waals surface area contributed by atoms with Gasteiger partial charge in [-0.3, -0.25) is 0 Å². The van der Waals surface area contributed by atoms with Crippen LogP contribution in [-0.4, -0.2) is 62.0 Å². The Morgan fingerprint density at radius 3 is 2.62 bits per heavy atom. The van der Waals surface area contributed by atoms with Gasteiger partial charge >= 0.3 is 12.7 Å². The lowest BCUT2D eigenvalue weighted by Gasteiger charge is -2.23. The fourth-order valence-electron chi connectivity index (χ4n) is 3.14. The number of carbonyl (C=O) groups excluding carboxylic acids is 1. The fraction of sp³-hybridized carbons (Fsp3) is 0.619. The molecule has 1 unspecified atom stereocenters. The molecule has 1 fully saturated rings. The van der Waals surface area contributed by atoms with E-state index in [0.717, 1.165) is 6.42 Å². The zero-order valence-electron chi connectivity index (χ0n) is 19.1. The van der Waals surface area contributed by atoms with Crippen LogP contribution in [0.4, 0.5) is 13.6 Å². The van der Waals surface area contributed by atoms with Crippen molar-refractivity contribution in [1.82, 2.24) is 15.5 Å². The number of nitrogens with zero attached hydrogens (tertiary/aromatic N) is 2. The summed E-state index contributed by atoms with van der Waals surface area (Å²) in [4.78, 5) is 18.7. The molecule has 0 radical (unpaired) electrons. The number of rotatable bonds is 7. The topological polar surface area (TPSA) is 84.4 Å². The molecule has 0 aliphatic carbocycles. The van der Waals surface area contributed by atoms with Crippen molar-refractivity contribution >= 4 is 36.0 Å². The Balaban J connectivity index is 0.00000512. The third-order valence-electron chi connectivity index (χ3n) is 4.40. The number of benzene rings is 1. The van der Waals surface area contributed by atoms with E-state index >= 15 is 0 Å². The molecule has 1 saturated heterocycles. The van der Waals surface area contributed by atoms with E-state index < -0.39 is 18.3 Å². The molecular weight excluding hydrogens is 537 g/mol. The lowest BCUT2D eigenvalue weighted by atomic mass is 10.2. The number of methoxy groups -OCH3 is 1. The van der Waals surface area contributed by atoms with E-state index in [4.69, 9.17) is 9.47 Å². The molecule has 1 atom stereocenters. The van der Waals surface area contributed by atoms with Crippen LogP contribution >= 0.6 is 24.0 Å². The molecule has 1 aromatic rings. The molecule has 182 valence electrons. The van der Waals surface area contributed by atoms with E-state index in [2.05, 4.69) is 20.4 Å². The first-order chi connectivity index (χ1) is 14.6. The van der Waals surface area contributed by atoms with Gasteiger partial charge in [-0.15, -0.1) is 24.0 Å². The molecule has 1 aromatic carbocycles. The van der Waals surface area contributed by atoms with Crippen molar-refractivity contribution in [2.24, 2.45) is 4.99 Å². The molecule has 1 aliphatic rings. The number of nitrogens with one attached hydrogen (secondary N) is 2. The summed E-state index contributed by atoms with van der Waals surface area (Å²) in [5.41, 5.74) is 0.152. The van der Waals surface area contributed by atoms with Crippen molar-refractivity contribution in [2.75, 3.05) is 26.7 Å². The summed E-state index contributed by atoms with van der Waals surface area (Å²) in [6.45, 7) is 6.73. The third-order valence-corrected chi connectivity index (χ3v) is 4.40. The van der Waals surface area contributed by atoms with Crippen LogP contribution in [0.1, 0.15) is 39.7 Å². The van der Waals surface area contributed by atoms with Crippen molar-refractivity contribution in [2.45, 2.75) is 58.9 Å². The number of guanidine groups is 1. The maximum absolute atomic E-state index is 12.6. The molecule has 1 heterocycles. The van der Waals surface area contributed by atoms with Gasteiger partial charge in [0.05, 0.1) is 19.7 Å². The highest BCUT2D eigenvalue weighted by Gasteiger charge is 2.27. The highest BCUT2D eigenvalue weighted by molar-refractivity contribution is 14.0. The second kappa shape index (κ2) is 12.9. The highest BCUT2D eigenvalue weighted by Crippen LogP contribution is 2.29. The normalized spacial score (nSPS) is 16.4. The van der Waals surface area contributed by atoms with Crippen LogP contribution in [0, 0.1) is 0 Å². The largest absolute Gasteiger partial charge is 0.493 e. The van der Waals surface area contributed by atoms with Crippen molar-refractivity contribution in [3.05, 3.63) is 23.8 Å². The minimum atomic E-state index is -2.94. The number of alkyl carbamates (subject to hydrolysis) is 1. The molecule has 2 N–H and O–H groups in total. The maximum atomic E-state index is 12.6. The Morgan fingerprint density at radius 1 is 1.31 bits per heavy atom. The van der Waals surface area contributed by atoms with Crippen molar-refractivity contribution in [1.29, 1.82) is 0 Å². The predicted molar refractivity (Wildman–Crippen MR) is 129 cm³/mol. The van der Waals surface area contributed by atoms with Gasteiger partial charge in [0.25, 0.3) is 0 Å². The lowest BCUT2D eigenvalue weighted by Crippen LogP contribution is -2.44. The Bertz CT molecular complexity index is 775. The second-order valence-corrected chi connectivity index (χ2v) is 8.11. The molecular formula is C21H33F2IN4O4. The molecule has 11 heteroatoms. The zero-order valence-corrected chi connectivity index (χ0v) is 21.4. The summed E-state index contributed by atoms with van der Waals surface area (Å²) in [7, 11) is 1.39. The number of likely N-dealkylation sites (tertiary alicyclic amines) is 1. The van der Waals surface area contributed by atoms with Gasteiger partial charge < -0.3 is 29.7 Å². The number of halogens is 3. The van der Waals surface area contributed by atoms with Gasteiger partial charge in [0.1, 0.15) is 5.60 Å². The first-order valence-electron chi connectivity index (χ1n) is 10.3. The average Bonchev–Trinajstić information content (AvgIpc) is 3.11. The number of ether oxygens (including phenoxy) is 3. The van der Waals surface area contributed by atoms with Gasteiger partial charge in [0.15, 0.2) is 17.5 Å². The predicted octanol–water partition coefficient (Wildman–Crippen LogP) is 3.98. The molecule has 8 nitrogen and oxygen atoms in total. The number of alkyl halides is 2. The van der Waals surface area contributed by atoms with E-state index in [1.165, 1.54) is 13.2 Å². The Labute approximate surface area is 205 Å². The van der Waals surface area contributed by atoms with Gasteiger partial charge in [-0.05, 0) is 51.8 Å². The van der Waals surface area contributed by atoms with E-state index in [1.807, 2.05) is 32.6 Å². The summed E-state index contributed by atoms with van der Waals surface area (Å²) in [6, 6.07) is 4.77. The van der Waals surface area contributed by atoms with Crippen molar-refractivity contribution in [3.63, 3.8) is 0 Å². The average molecular weight is 570 g/mol. The van der Waals surface area contributed by atoms with Gasteiger partial charge in [0.2, 0.25) is 0 Å². The van der Waals surface area contributed by atoms with Crippen LogP contribution < -0.4 is 20.1 Å². The minimum absolute atomic E-state index is 0. The molecule has 0 aromatic heterocycles.